The summed E-state index contributed by atoms with van der Waals surface area (Å²) in [4.78, 5) is 24.8. The normalized spacial score (nSPS) is 12.6. The van der Waals surface area contributed by atoms with E-state index in [1.54, 1.807) is 12.1 Å². The number of hydrogen-bond acceptors (Lipinski definition) is 3. The number of benzene rings is 3. The molecule has 0 unspecified atom stereocenters. The lowest BCUT2D eigenvalue weighted by Gasteiger charge is -2.26. The number of halogens is 1. The van der Waals surface area contributed by atoms with Crippen molar-refractivity contribution in [1.82, 2.24) is 5.32 Å². The Morgan fingerprint density at radius 1 is 0.793 bits per heavy atom. The minimum absolute atomic E-state index is 0.291. The van der Waals surface area contributed by atoms with E-state index in [0.717, 1.165) is 15.6 Å². The SMILES string of the molecule is N[C@H](c1ccccc1)[C@H](NC(=O)CC(=O)Nc1ccc(Br)cc1)c1ccccc1. The third-order valence-corrected chi connectivity index (χ3v) is 5.00. The summed E-state index contributed by atoms with van der Waals surface area (Å²) in [7, 11) is 0. The molecule has 148 valence electrons. The van der Waals surface area contributed by atoms with E-state index >= 15 is 0 Å². The number of amides is 2. The molecule has 4 N–H and O–H groups in total. The molecule has 0 bridgehead atoms. The average molecular weight is 452 g/mol. The van der Waals surface area contributed by atoms with Gasteiger partial charge in [0.25, 0.3) is 0 Å². The number of carbonyl (C=O) groups is 2. The third kappa shape index (κ3) is 6.01. The van der Waals surface area contributed by atoms with Crippen LogP contribution >= 0.6 is 15.9 Å². The van der Waals surface area contributed by atoms with Gasteiger partial charge in [0.1, 0.15) is 6.42 Å². The molecule has 29 heavy (non-hydrogen) atoms. The van der Waals surface area contributed by atoms with Gasteiger partial charge in [-0.3, -0.25) is 9.59 Å². The molecule has 3 aromatic carbocycles. The summed E-state index contributed by atoms with van der Waals surface area (Å²) in [6, 6.07) is 25.4. The van der Waals surface area contributed by atoms with E-state index in [0.29, 0.717) is 5.69 Å². The van der Waals surface area contributed by atoms with Crippen LogP contribution in [0.4, 0.5) is 5.69 Å². The zero-order valence-electron chi connectivity index (χ0n) is 15.7. The van der Waals surface area contributed by atoms with Crippen LogP contribution in [0.2, 0.25) is 0 Å². The van der Waals surface area contributed by atoms with Gasteiger partial charge in [0, 0.05) is 10.2 Å². The molecular formula is C23H22BrN3O2. The fourth-order valence-corrected chi connectivity index (χ4v) is 3.28. The molecule has 5 nitrogen and oxygen atoms in total. The summed E-state index contributed by atoms with van der Waals surface area (Å²) in [5.74, 6) is -0.773. The topological polar surface area (TPSA) is 84.2 Å². The lowest BCUT2D eigenvalue weighted by atomic mass is 9.94. The molecule has 0 aromatic heterocycles. The van der Waals surface area contributed by atoms with Gasteiger partial charge >= 0.3 is 0 Å². The number of carbonyl (C=O) groups excluding carboxylic acids is 2. The fourth-order valence-electron chi connectivity index (χ4n) is 3.02. The molecule has 0 aliphatic carbocycles. The minimum Gasteiger partial charge on any atom is -0.347 e. The first-order chi connectivity index (χ1) is 14.0. The van der Waals surface area contributed by atoms with Gasteiger partial charge in [-0.2, -0.15) is 0 Å². The van der Waals surface area contributed by atoms with E-state index in [1.807, 2.05) is 72.8 Å². The second-order valence-electron chi connectivity index (χ2n) is 6.62. The summed E-state index contributed by atoms with van der Waals surface area (Å²) < 4.78 is 0.911. The van der Waals surface area contributed by atoms with Gasteiger partial charge in [-0.15, -0.1) is 0 Å². The minimum atomic E-state index is -0.452. The number of nitrogens with one attached hydrogen (secondary N) is 2. The Labute approximate surface area is 178 Å². The third-order valence-electron chi connectivity index (χ3n) is 4.47. The molecule has 2 amide bonds. The second kappa shape index (κ2) is 10.0. The summed E-state index contributed by atoms with van der Waals surface area (Å²) in [6.45, 7) is 0. The summed E-state index contributed by atoms with van der Waals surface area (Å²) in [5.41, 5.74) is 8.88. The summed E-state index contributed by atoms with van der Waals surface area (Å²) in [6.07, 6.45) is -0.291. The molecule has 0 heterocycles. The van der Waals surface area contributed by atoms with Crippen molar-refractivity contribution in [1.29, 1.82) is 0 Å². The van der Waals surface area contributed by atoms with E-state index in [-0.39, 0.29) is 18.2 Å². The van der Waals surface area contributed by atoms with Crippen LogP contribution in [0.15, 0.2) is 89.4 Å². The standard InChI is InChI=1S/C23H22BrN3O2/c24-18-11-13-19(14-12-18)26-20(28)15-21(29)27-23(17-9-5-2-6-10-17)22(25)16-7-3-1-4-8-16/h1-14,22-23H,15,25H2,(H,26,28)(H,27,29)/t22-,23-/m1/s1. The maximum atomic E-state index is 12.6. The number of nitrogens with two attached hydrogens (primary N) is 1. The second-order valence-corrected chi connectivity index (χ2v) is 7.54. The monoisotopic (exact) mass is 451 g/mol. The van der Waals surface area contributed by atoms with Crippen LogP contribution in [0.1, 0.15) is 29.6 Å². The highest BCUT2D eigenvalue weighted by atomic mass is 79.9. The molecule has 2 atom stereocenters. The molecule has 3 rings (SSSR count). The Balaban J connectivity index is 1.69. The Bertz CT molecular complexity index is 947. The fraction of sp³-hybridized carbons (Fsp3) is 0.130. The van der Waals surface area contributed by atoms with Gasteiger partial charge in [0.2, 0.25) is 11.8 Å². The van der Waals surface area contributed by atoms with E-state index < -0.39 is 12.1 Å². The van der Waals surface area contributed by atoms with Crippen molar-refractivity contribution in [2.45, 2.75) is 18.5 Å². The zero-order chi connectivity index (χ0) is 20.6. The molecular weight excluding hydrogens is 430 g/mol. The van der Waals surface area contributed by atoms with E-state index in [1.165, 1.54) is 0 Å². The highest BCUT2D eigenvalue weighted by Crippen LogP contribution is 2.26. The van der Waals surface area contributed by atoms with Gasteiger partial charge in [-0.05, 0) is 35.4 Å². The van der Waals surface area contributed by atoms with Crippen LogP contribution in [-0.4, -0.2) is 11.8 Å². The molecule has 0 saturated heterocycles. The molecule has 0 fully saturated rings. The highest BCUT2D eigenvalue weighted by Gasteiger charge is 2.24. The Kier molecular flexibility index (Phi) is 7.16. The molecule has 0 aliphatic heterocycles. The Morgan fingerprint density at radius 3 is 1.93 bits per heavy atom. The average Bonchev–Trinajstić information content (AvgIpc) is 2.74. The molecule has 0 spiro atoms. The maximum absolute atomic E-state index is 12.6. The van der Waals surface area contributed by atoms with Gasteiger partial charge in [0.15, 0.2) is 0 Å². The Hall–Kier alpha value is -2.96. The molecule has 0 aliphatic rings. The predicted molar refractivity (Wildman–Crippen MR) is 118 cm³/mol. The smallest absolute Gasteiger partial charge is 0.233 e. The maximum Gasteiger partial charge on any atom is 0.233 e. The first-order valence-electron chi connectivity index (χ1n) is 9.23. The van der Waals surface area contributed by atoms with Crippen molar-refractivity contribution in [3.63, 3.8) is 0 Å². The molecule has 0 saturated carbocycles. The van der Waals surface area contributed by atoms with Crippen LogP contribution in [0, 0.1) is 0 Å². The zero-order valence-corrected chi connectivity index (χ0v) is 17.3. The van der Waals surface area contributed by atoms with Crippen molar-refractivity contribution in [3.05, 3.63) is 101 Å². The predicted octanol–water partition coefficient (Wildman–Crippen LogP) is 4.34. The lowest BCUT2D eigenvalue weighted by molar-refractivity contribution is -0.127. The summed E-state index contributed by atoms with van der Waals surface area (Å²) >= 11 is 3.35. The van der Waals surface area contributed by atoms with Gasteiger partial charge in [0.05, 0.1) is 12.1 Å². The van der Waals surface area contributed by atoms with Crippen molar-refractivity contribution >= 4 is 33.4 Å². The quantitative estimate of drug-likeness (QED) is 0.467. The van der Waals surface area contributed by atoms with Crippen LogP contribution in [0.25, 0.3) is 0 Å². The van der Waals surface area contributed by atoms with Gasteiger partial charge < -0.3 is 16.4 Å². The number of rotatable bonds is 7. The molecule has 3 aromatic rings. The van der Waals surface area contributed by atoms with Crippen LogP contribution < -0.4 is 16.4 Å². The number of hydrogen-bond donors (Lipinski definition) is 3. The molecule has 6 heteroatoms. The lowest BCUT2D eigenvalue weighted by Crippen LogP contribution is -2.37. The summed E-state index contributed by atoms with van der Waals surface area (Å²) in [5, 5.41) is 5.65. The number of anilines is 1. The largest absolute Gasteiger partial charge is 0.347 e. The van der Waals surface area contributed by atoms with E-state index in [2.05, 4.69) is 26.6 Å². The van der Waals surface area contributed by atoms with Crippen LogP contribution in [0.5, 0.6) is 0 Å². The van der Waals surface area contributed by atoms with Gasteiger partial charge in [-0.1, -0.05) is 76.6 Å². The van der Waals surface area contributed by atoms with Crippen LogP contribution in [0.3, 0.4) is 0 Å². The first-order valence-corrected chi connectivity index (χ1v) is 10.0. The Morgan fingerprint density at radius 2 is 1.34 bits per heavy atom. The van der Waals surface area contributed by atoms with E-state index in [9.17, 15) is 9.59 Å². The first kappa shape index (κ1) is 20.8. The van der Waals surface area contributed by atoms with E-state index in [4.69, 9.17) is 5.73 Å². The molecule has 0 radical (unpaired) electrons. The van der Waals surface area contributed by atoms with Crippen molar-refractivity contribution in [3.8, 4) is 0 Å². The van der Waals surface area contributed by atoms with Crippen LogP contribution in [-0.2, 0) is 9.59 Å². The van der Waals surface area contributed by atoms with Crippen molar-refractivity contribution in [2.24, 2.45) is 5.73 Å². The van der Waals surface area contributed by atoms with Gasteiger partial charge in [-0.25, -0.2) is 0 Å². The van der Waals surface area contributed by atoms with Crippen molar-refractivity contribution in [2.75, 3.05) is 5.32 Å². The highest BCUT2D eigenvalue weighted by molar-refractivity contribution is 9.10. The van der Waals surface area contributed by atoms with Crippen molar-refractivity contribution < 1.29 is 9.59 Å².